The van der Waals surface area contributed by atoms with Crippen LogP contribution in [0.2, 0.25) is 0 Å². The molecule has 0 N–H and O–H groups in total. The van der Waals surface area contributed by atoms with Crippen LogP contribution in [0.25, 0.3) is 0 Å². The normalized spacial score (nSPS) is 24.9. The molecule has 229 valence electrons. The first-order valence-corrected chi connectivity index (χ1v) is 11.7. The zero-order valence-corrected chi connectivity index (χ0v) is 28.2. The van der Waals surface area contributed by atoms with Crippen LogP contribution < -0.4 is 4.70 Å². The van der Waals surface area contributed by atoms with E-state index in [1.807, 2.05) is 0 Å². The fraction of sp³-hybridized carbons (Fsp3) is 0.857. The number of hydrogen-bond donors (Lipinski definition) is 0. The molecular weight excluding hydrogens is 663 g/mol. The Morgan fingerprint density at radius 2 is 0.568 bits per heavy atom. The smallest absolute Gasteiger partial charge is 0.762 e. The molecule has 0 aliphatic heterocycles. The molecule has 1 radical (unpaired) electrons. The Morgan fingerprint density at radius 1 is 0.486 bits per heavy atom. The summed E-state index contributed by atoms with van der Waals surface area (Å²) in [6.07, 6.45) is 0. The first-order valence-electron chi connectivity index (χ1n) is 11.7. The molecule has 2 aliphatic carbocycles. The summed E-state index contributed by atoms with van der Waals surface area (Å²) in [5.74, 6) is 5.64. The minimum absolute atomic E-state index is 0. The van der Waals surface area contributed by atoms with Crippen LogP contribution >= 0.6 is 0 Å². The third-order valence-electron chi connectivity index (χ3n) is 6.76. The summed E-state index contributed by atoms with van der Waals surface area (Å²) >= 11 is 0. The first-order chi connectivity index (χ1) is 15.0. The molecule has 0 aromatic carbocycles. The molecule has 0 aromatic rings. The van der Waals surface area contributed by atoms with Crippen molar-refractivity contribution < 1.29 is 52.1 Å². The fourth-order valence-electron chi connectivity index (χ4n) is 6.23. The van der Waals surface area contributed by atoms with E-state index in [2.05, 4.69) is 117 Å². The molecule has 2 saturated carbocycles. The van der Waals surface area contributed by atoms with Crippen molar-refractivity contribution in [2.24, 2.45) is 57.2 Å². The molecule has 0 amide bonds. The molecule has 2 fully saturated rings. The monoisotopic (exact) mass is 718 g/mol. The summed E-state index contributed by atoms with van der Waals surface area (Å²) in [7, 11) is -3.67. The quantitative estimate of drug-likeness (QED) is 0.146. The molecule has 2 aliphatic rings. The van der Waals surface area contributed by atoms with Crippen molar-refractivity contribution in [1.29, 1.82) is 0 Å². The van der Waals surface area contributed by atoms with E-state index >= 15 is 0 Å². The number of carbonyl (C=O) groups excluding carboxylic acids is 3. The van der Waals surface area contributed by atoms with Crippen molar-refractivity contribution in [3.63, 3.8) is 0 Å². The minimum Gasteiger partial charge on any atom is -1.00 e. The van der Waals surface area contributed by atoms with Crippen molar-refractivity contribution in [1.82, 2.24) is 0 Å². The van der Waals surface area contributed by atoms with Crippen LogP contribution in [0, 0.1) is 64.6 Å². The predicted octanol–water partition coefficient (Wildman–Crippen LogP) is 5.43. The van der Waals surface area contributed by atoms with Gasteiger partial charge in [0.15, 0.2) is 0 Å². The van der Waals surface area contributed by atoms with Crippen LogP contribution in [0.1, 0.15) is 96.9 Å². The summed E-state index contributed by atoms with van der Waals surface area (Å²) in [5, 5.41) is 0. The van der Waals surface area contributed by atoms with E-state index in [4.69, 9.17) is 14.4 Å². The van der Waals surface area contributed by atoms with Crippen LogP contribution in [-0.2, 0) is 34.5 Å². The maximum absolute atomic E-state index is 9.67. The van der Waals surface area contributed by atoms with Gasteiger partial charge in [-0.05, 0) is 57.2 Å². The van der Waals surface area contributed by atoms with Crippen LogP contribution in [0.3, 0.4) is 0 Å². The van der Waals surface area contributed by atoms with Crippen molar-refractivity contribution in [3.8, 4) is 0 Å². The molecule has 4 unspecified atom stereocenters. The molecule has 37 heavy (non-hydrogen) atoms. The summed E-state index contributed by atoms with van der Waals surface area (Å²) in [6.45, 7) is 43.1. The van der Waals surface area contributed by atoms with E-state index in [-0.39, 0.29) is 32.2 Å². The zero-order valence-electron chi connectivity index (χ0n) is 25.8. The SMILES string of the molecule is CC1C(C(C)(C)C)C1C(C)(C)C.CC1C(C(C)(C)C)C1C(C)(C)C.FB(F)F.[CH-]=O.[CH-]=O.[CH-]=O.[CH3-].[F-].[Ir]. The average Bonchev–Trinajstić information content (AvgIpc) is 3.52. The third kappa shape index (κ3) is 21.0. The van der Waals surface area contributed by atoms with Crippen molar-refractivity contribution in [2.75, 3.05) is 0 Å². The van der Waals surface area contributed by atoms with E-state index in [0.717, 1.165) is 35.5 Å². The summed E-state index contributed by atoms with van der Waals surface area (Å²) in [4.78, 5) is 23.2. The molecule has 0 spiro atoms. The summed E-state index contributed by atoms with van der Waals surface area (Å²) in [5.41, 5.74) is 2.05. The van der Waals surface area contributed by atoms with Gasteiger partial charge < -0.3 is 26.5 Å². The molecule has 2 rings (SSSR count). The van der Waals surface area contributed by atoms with E-state index in [1.54, 1.807) is 0 Å². The van der Waals surface area contributed by atoms with Crippen LogP contribution in [0.4, 0.5) is 12.9 Å². The Morgan fingerprint density at radius 3 is 0.595 bits per heavy atom. The van der Waals surface area contributed by atoms with E-state index < -0.39 is 7.54 Å². The predicted molar refractivity (Wildman–Crippen MR) is 146 cm³/mol. The van der Waals surface area contributed by atoms with Gasteiger partial charge in [-0.25, -0.2) is 0 Å². The minimum atomic E-state index is -3.67. The fourth-order valence-corrected chi connectivity index (χ4v) is 6.23. The van der Waals surface area contributed by atoms with E-state index in [1.165, 1.54) is 0 Å². The van der Waals surface area contributed by atoms with Crippen LogP contribution in [0.5, 0.6) is 0 Å². The Balaban J connectivity index is -0.0000000682. The molecule has 4 atom stereocenters. The standard InChI is InChI=1S/2C12H24.3CHO.CH3.BF3.FH.Ir/c2*1-8-9(11(2,3)4)10(8)12(5,6)7;3*1-2;;2-1(3)4;;/h2*8-10H,1-7H3;3*1H;1H3;;1H;/q;;4*-1;;;/p-1. The second-order valence-corrected chi connectivity index (χ2v) is 13.5. The number of halogens is 4. The second kappa shape index (κ2) is 21.3. The molecule has 0 saturated heterocycles. The average molecular weight is 718 g/mol. The summed E-state index contributed by atoms with van der Waals surface area (Å²) < 4.78 is 29.0. The van der Waals surface area contributed by atoms with Crippen LogP contribution in [-0.4, -0.2) is 27.9 Å². The molecule has 3 nitrogen and oxygen atoms in total. The van der Waals surface area contributed by atoms with Gasteiger partial charge in [0.1, 0.15) is 0 Å². The molecule has 9 heteroatoms. The van der Waals surface area contributed by atoms with Crippen molar-refractivity contribution in [3.05, 3.63) is 7.43 Å². The summed E-state index contributed by atoms with van der Waals surface area (Å²) in [6, 6.07) is 0. The maximum atomic E-state index is 9.67. The molecule has 0 bridgehead atoms. The van der Waals surface area contributed by atoms with Gasteiger partial charge in [0.05, 0.1) is 0 Å². The number of hydrogen-bond acceptors (Lipinski definition) is 3. The largest absolute Gasteiger partial charge is 1.00 e. The van der Waals surface area contributed by atoms with Gasteiger partial charge in [-0.3, -0.25) is 33.3 Å². The maximum Gasteiger partial charge on any atom is 0.762 e. The van der Waals surface area contributed by atoms with Gasteiger partial charge in [-0.1, -0.05) is 96.9 Å². The second-order valence-electron chi connectivity index (χ2n) is 13.5. The first kappa shape index (κ1) is 52.8. The third-order valence-corrected chi connectivity index (χ3v) is 6.76. The Hall–Kier alpha value is -0.556. The van der Waals surface area contributed by atoms with Gasteiger partial charge in [0, 0.05) is 20.1 Å². The van der Waals surface area contributed by atoms with Crippen LogP contribution in [0.15, 0.2) is 0 Å². The van der Waals surface area contributed by atoms with Gasteiger partial charge in [0.2, 0.25) is 0 Å². The Bertz CT molecular complexity index is 452. The topological polar surface area (TPSA) is 51.2 Å². The van der Waals surface area contributed by atoms with Gasteiger partial charge in [-0.15, -0.1) is 0 Å². The number of rotatable bonds is 0. The van der Waals surface area contributed by atoms with Gasteiger partial charge in [0.25, 0.3) is 0 Å². The molecule has 0 aromatic heterocycles. The van der Waals surface area contributed by atoms with E-state index in [0.29, 0.717) is 21.7 Å². The van der Waals surface area contributed by atoms with Gasteiger partial charge >= 0.3 is 7.54 Å². The Kier molecular flexibility index (Phi) is 30.4. The van der Waals surface area contributed by atoms with Gasteiger partial charge in [-0.2, -0.15) is 0 Å². The van der Waals surface area contributed by atoms with Crippen molar-refractivity contribution >= 4 is 27.9 Å². The zero-order chi connectivity index (χ0) is 29.0. The Labute approximate surface area is 241 Å². The molecule has 0 heterocycles. The van der Waals surface area contributed by atoms with E-state index in [9.17, 15) is 12.9 Å². The van der Waals surface area contributed by atoms with Crippen molar-refractivity contribution in [2.45, 2.75) is 96.9 Å². The molecular formula is C28H54BF4IrO3-5.